The molecule has 1 aliphatic rings. The summed E-state index contributed by atoms with van der Waals surface area (Å²) in [5.74, 6) is 2.88. The smallest absolute Gasteiger partial charge is 0.158 e. The molecular formula is C26H28N4O2. The van der Waals surface area contributed by atoms with E-state index < -0.39 is 0 Å². The van der Waals surface area contributed by atoms with Gasteiger partial charge in [-0.15, -0.1) is 0 Å². The van der Waals surface area contributed by atoms with Crippen LogP contribution < -0.4 is 15.8 Å². The zero-order valence-electron chi connectivity index (χ0n) is 18.2. The zero-order valence-corrected chi connectivity index (χ0v) is 18.2. The third-order valence-electron chi connectivity index (χ3n) is 5.75. The van der Waals surface area contributed by atoms with Crippen LogP contribution in [-0.2, 0) is 4.79 Å². The molecule has 3 N–H and O–H groups in total. The zero-order chi connectivity index (χ0) is 22.3. The fourth-order valence-electron chi connectivity index (χ4n) is 4.18. The minimum Gasteiger partial charge on any atom is -0.457 e. The van der Waals surface area contributed by atoms with E-state index in [2.05, 4.69) is 15.3 Å². The van der Waals surface area contributed by atoms with Crippen molar-refractivity contribution in [2.75, 3.05) is 11.1 Å². The summed E-state index contributed by atoms with van der Waals surface area (Å²) in [7, 11) is 0. The second-order valence-corrected chi connectivity index (χ2v) is 8.03. The van der Waals surface area contributed by atoms with Gasteiger partial charge in [0.2, 0.25) is 0 Å². The van der Waals surface area contributed by atoms with Gasteiger partial charge in [-0.2, -0.15) is 0 Å². The van der Waals surface area contributed by atoms with Gasteiger partial charge < -0.3 is 15.8 Å². The van der Waals surface area contributed by atoms with E-state index >= 15 is 0 Å². The molecule has 2 atom stereocenters. The molecule has 1 aliphatic carbocycles. The van der Waals surface area contributed by atoms with Gasteiger partial charge in [-0.3, -0.25) is 4.79 Å². The minimum absolute atomic E-state index is 0.0505. The van der Waals surface area contributed by atoms with Gasteiger partial charge in [-0.1, -0.05) is 42.8 Å². The number of para-hydroxylation sites is 1. The quantitative estimate of drug-likeness (QED) is 0.474. The number of ether oxygens (including phenoxy) is 1. The van der Waals surface area contributed by atoms with Crippen molar-refractivity contribution in [3.63, 3.8) is 0 Å². The van der Waals surface area contributed by atoms with Crippen molar-refractivity contribution in [3.8, 4) is 22.6 Å². The summed E-state index contributed by atoms with van der Waals surface area (Å²) in [5.41, 5.74) is 7.92. The Labute approximate surface area is 188 Å². The fraction of sp³-hybridized carbons (Fsp3) is 0.269. The Balaban J connectivity index is 1.52. The summed E-state index contributed by atoms with van der Waals surface area (Å²) in [6, 6.07) is 17.5. The molecule has 0 saturated heterocycles. The van der Waals surface area contributed by atoms with Crippen LogP contribution in [0.4, 0.5) is 11.6 Å². The number of anilines is 2. The minimum atomic E-state index is 0.0505. The van der Waals surface area contributed by atoms with Gasteiger partial charge in [0.05, 0.1) is 5.56 Å². The maximum Gasteiger partial charge on any atom is 0.158 e. The number of benzene rings is 2. The molecule has 1 aromatic heterocycles. The number of hydrogen-bond donors (Lipinski definition) is 2. The molecule has 164 valence electrons. The lowest BCUT2D eigenvalue weighted by Gasteiger charge is -2.29. The van der Waals surface area contributed by atoms with Crippen LogP contribution in [0.1, 0.15) is 32.6 Å². The van der Waals surface area contributed by atoms with Crippen LogP contribution in [0.3, 0.4) is 0 Å². The second kappa shape index (κ2) is 10.1. The molecule has 0 spiro atoms. The van der Waals surface area contributed by atoms with E-state index in [1.807, 2.05) is 67.6 Å². The lowest BCUT2D eigenvalue weighted by Crippen LogP contribution is -2.31. The molecule has 0 radical (unpaired) electrons. The first-order valence-corrected chi connectivity index (χ1v) is 11.0. The molecule has 6 heteroatoms. The molecular weight excluding hydrogens is 400 g/mol. The predicted octanol–water partition coefficient (Wildman–Crippen LogP) is 5.63. The van der Waals surface area contributed by atoms with Crippen molar-refractivity contribution < 1.29 is 9.53 Å². The van der Waals surface area contributed by atoms with Crippen LogP contribution in [0.15, 0.2) is 73.1 Å². The van der Waals surface area contributed by atoms with Crippen LogP contribution in [0.5, 0.6) is 11.5 Å². The summed E-state index contributed by atoms with van der Waals surface area (Å²) in [5, 5.41) is 3.53. The first-order valence-electron chi connectivity index (χ1n) is 11.0. The first-order chi connectivity index (χ1) is 15.6. The first kappa shape index (κ1) is 21.6. The van der Waals surface area contributed by atoms with Gasteiger partial charge in [0.25, 0.3) is 0 Å². The second-order valence-electron chi connectivity index (χ2n) is 8.03. The number of nitrogen functional groups attached to an aromatic ring is 1. The van der Waals surface area contributed by atoms with Crippen molar-refractivity contribution in [2.24, 2.45) is 5.92 Å². The summed E-state index contributed by atoms with van der Waals surface area (Å²) in [6.45, 7) is 1.88. The van der Waals surface area contributed by atoms with E-state index in [1.165, 1.54) is 6.33 Å². The number of aromatic nitrogens is 2. The summed E-state index contributed by atoms with van der Waals surface area (Å²) >= 11 is 0. The molecule has 3 aromatic rings. The van der Waals surface area contributed by atoms with Gasteiger partial charge in [0.1, 0.15) is 29.5 Å². The van der Waals surface area contributed by atoms with Crippen LogP contribution in [-0.4, -0.2) is 21.8 Å². The van der Waals surface area contributed by atoms with Crippen LogP contribution in [0, 0.1) is 5.92 Å². The SMILES string of the molecule is CC=CC(=O)[C@H]1CCC[C@H](Nc2ncnc(N)c2-c2ccc(Oc3ccccc3)cc2)C1. The lowest BCUT2D eigenvalue weighted by molar-refractivity contribution is -0.119. The average molecular weight is 429 g/mol. The van der Waals surface area contributed by atoms with Gasteiger partial charge in [-0.25, -0.2) is 9.97 Å². The highest BCUT2D eigenvalue weighted by Crippen LogP contribution is 2.35. The Bertz CT molecular complexity index is 1080. The molecule has 4 rings (SSSR count). The molecule has 32 heavy (non-hydrogen) atoms. The Morgan fingerprint density at radius 3 is 2.56 bits per heavy atom. The van der Waals surface area contributed by atoms with Crippen LogP contribution >= 0.6 is 0 Å². The highest BCUT2D eigenvalue weighted by Gasteiger charge is 2.27. The number of ketones is 1. The van der Waals surface area contributed by atoms with E-state index in [1.54, 1.807) is 6.08 Å². The van der Waals surface area contributed by atoms with E-state index in [9.17, 15) is 4.79 Å². The third-order valence-corrected chi connectivity index (χ3v) is 5.75. The number of hydrogen-bond acceptors (Lipinski definition) is 6. The standard InChI is InChI=1S/C26H28N4O2/c1-2-7-23(31)19-8-6-9-20(16-19)30-26-24(25(27)28-17-29-26)18-12-14-22(15-13-18)32-21-10-4-3-5-11-21/h2-5,7,10-15,17,19-20H,6,8-9,16H2,1H3,(H3,27,28,29,30)/t19-,20-/m0/s1. The molecule has 1 fully saturated rings. The monoisotopic (exact) mass is 428 g/mol. The van der Waals surface area contributed by atoms with E-state index in [4.69, 9.17) is 10.5 Å². The van der Waals surface area contributed by atoms with Crippen molar-refractivity contribution in [2.45, 2.75) is 38.6 Å². The average Bonchev–Trinajstić information content (AvgIpc) is 2.81. The summed E-state index contributed by atoms with van der Waals surface area (Å²) in [4.78, 5) is 21.0. The molecule has 0 aliphatic heterocycles. The Morgan fingerprint density at radius 1 is 1.06 bits per heavy atom. The Kier molecular flexibility index (Phi) is 6.80. The van der Waals surface area contributed by atoms with E-state index in [0.29, 0.717) is 11.6 Å². The largest absolute Gasteiger partial charge is 0.457 e. The molecule has 0 unspecified atom stereocenters. The molecule has 0 bridgehead atoms. The third kappa shape index (κ3) is 5.14. The number of nitrogens with one attached hydrogen (secondary N) is 1. The number of nitrogens with two attached hydrogens (primary N) is 1. The number of carbonyl (C=O) groups is 1. The Morgan fingerprint density at radius 2 is 1.81 bits per heavy atom. The summed E-state index contributed by atoms with van der Waals surface area (Å²) in [6.07, 6.45) is 8.69. The van der Waals surface area contributed by atoms with Gasteiger partial charge in [-0.05, 0) is 62.1 Å². The van der Waals surface area contributed by atoms with Crippen LogP contribution in [0.2, 0.25) is 0 Å². The van der Waals surface area contributed by atoms with Gasteiger partial charge in [0, 0.05) is 12.0 Å². The molecule has 1 heterocycles. The van der Waals surface area contributed by atoms with Crippen LogP contribution in [0.25, 0.3) is 11.1 Å². The maximum absolute atomic E-state index is 12.3. The van der Waals surface area contributed by atoms with Crippen molar-refractivity contribution in [3.05, 3.63) is 73.1 Å². The Hall–Kier alpha value is -3.67. The van der Waals surface area contributed by atoms with Crippen molar-refractivity contribution >= 4 is 17.4 Å². The summed E-state index contributed by atoms with van der Waals surface area (Å²) < 4.78 is 5.89. The fourth-order valence-corrected chi connectivity index (χ4v) is 4.18. The van der Waals surface area contributed by atoms with E-state index in [0.717, 1.165) is 48.3 Å². The van der Waals surface area contributed by atoms with Gasteiger partial charge in [0.15, 0.2) is 5.78 Å². The molecule has 0 amide bonds. The van der Waals surface area contributed by atoms with Crippen molar-refractivity contribution in [1.82, 2.24) is 9.97 Å². The predicted molar refractivity (Wildman–Crippen MR) is 128 cm³/mol. The normalized spacial score (nSPS) is 18.4. The van der Waals surface area contributed by atoms with Crippen molar-refractivity contribution in [1.29, 1.82) is 0 Å². The number of carbonyl (C=O) groups excluding carboxylic acids is 1. The lowest BCUT2D eigenvalue weighted by atomic mass is 9.83. The van der Waals surface area contributed by atoms with Gasteiger partial charge >= 0.3 is 0 Å². The number of rotatable bonds is 7. The number of allylic oxidation sites excluding steroid dienone is 2. The number of nitrogens with zero attached hydrogens (tertiary/aromatic N) is 2. The topological polar surface area (TPSA) is 90.1 Å². The molecule has 1 saturated carbocycles. The van der Waals surface area contributed by atoms with E-state index in [-0.39, 0.29) is 17.7 Å². The molecule has 2 aromatic carbocycles. The molecule has 6 nitrogen and oxygen atoms in total. The maximum atomic E-state index is 12.3. The highest BCUT2D eigenvalue weighted by molar-refractivity contribution is 5.91. The highest BCUT2D eigenvalue weighted by atomic mass is 16.5.